The molecule has 0 saturated carbocycles. The summed E-state index contributed by atoms with van der Waals surface area (Å²) in [5.74, 6) is 1.41. The minimum absolute atomic E-state index is 0.695. The lowest BCUT2D eigenvalue weighted by Gasteiger charge is -2.11. The van der Waals surface area contributed by atoms with Gasteiger partial charge in [0.15, 0.2) is 0 Å². The van der Waals surface area contributed by atoms with Gasteiger partial charge < -0.3 is 5.73 Å². The van der Waals surface area contributed by atoms with E-state index in [2.05, 4.69) is 31.2 Å². The van der Waals surface area contributed by atoms with Crippen molar-refractivity contribution in [2.24, 2.45) is 11.7 Å². The Hall–Kier alpha value is -0.820. The maximum absolute atomic E-state index is 5.78. The lowest BCUT2D eigenvalue weighted by atomic mass is 9.94. The van der Waals surface area contributed by atoms with Gasteiger partial charge in [-0.25, -0.2) is 0 Å². The fraction of sp³-hybridized carbons (Fsp3) is 0.538. The van der Waals surface area contributed by atoms with Crippen LogP contribution in [0.1, 0.15) is 36.8 Å². The predicted molar refractivity (Wildman–Crippen MR) is 60.3 cm³/mol. The highest BCUT2D eigenvalue weighted by molar-refractivity contribution is 5.31. The van der Waals surface area contributed by atoms with E-state index in [9.17, 15) is 0 Å². The first-order chi connectivity index (χ1) is 6.81. The predicted octanol–water partition coefficient (Wildman–Crippen LogP) is 2.70. The normalized spacial score (nSPS) is 26.7. The highest BCUT2D eigenvalue weighted by atomic mass is 14.5. The molecule has 1 aromatic rings. The molecule has 0 spiro atoms. The van der Waals surface area contributed by atoms with Gasteiger partial charge in [-0.05, 0) is 48.8 Å². The Morgan fingerprint density at radius 1 is 1.29 bits per heavy atom. The van der Waals surface area contributed by atoms with Gasteiger partial charge in [0.1, 0.15) is 0 Å². The summed E-state index contributed by atoms with van der Waals surface area (Å²) in [5, 5.41) is 0. The molecule has 0 aliphatic heterocycles. The molecule has 2 N–H and O–H groups in total. The van der Waals surface area contributed by atoms with Gasteiger partial charge in [-0.2, -0.15) is 0 Å². The van der Waals surface area contributed by atoms with Crippen LogP contribution in [-0.2, 0) is 6.42 Å². The van der Waals surface area contributed by atoms with Crippen molar-refractivity contribution in [2.75, 3.05) is 6.54 Å². The van der Waals surface area contributed by atoms with Crippen LogP contribution in [0.25, 0.3) is 0 Å². The molecule has 0 bridgehead atoms. The SMILES string of the molecule is CC1CCC(CN)Cc2ccccc21. The van der Waals surface area contributed by atoms with E-state index < -0.39 is 0 Å². The highest BCUT2D eigenvalue weighted by Crippen LogP contribution is 2.31. The molecule has 1 heteroatoms. The molecule has 14 heavy (non-hydrogen) atoms. The molecule has 76 valence electrons. The molecule has 0 heterocycles. The highest BCUT2D eigenvalue weighted by Gasteiger charge is 2.19. The second-order valence-corrected chi connectivity index (χ2v) is 4.48. The second kappa shape index (κ2) is 4.14. The summed E-state index contributed by atoms with van der Waals surface area (Å²) >= 11 is 0. The Kier molecular flexibility index (Phi) is 2.87. The summed E-state index contributed by atoms with van der Waals surface area (Å²) in [5.41, 5.74) is 8.84. The van der Waals surface area contributed by atoms with Gasteiger partial charge in [-0.1, -0.05) is 31.2 Å². The van der Waals surface area contributed by atoms with Crippen LogP contribution in [0.2, 0.25) is 0 Å². The van der Waals surface area contributed by atoms with E-state index in [0.29, 0.717) is 11.8 Å². The van der Waals surface area contributed by atoms with Gasteiger partial charge in [0.2, 0.25) is 0 Å². The summed E-state index contributed by atoms with van der Waals surface area (Å²) < 4.78 is 0. The van der Waals surface area contributed by atoms with Gasteiger partial charge in [-0.3, -0.25) is 0 Å². The quantitative estimate of drug-likeness (QED) is 0.675. The molecule has 2 rings (SSSR count). The Morgan fingerprint density at radius 3 is 2.86 bits per heavy atom. The topological polar surface area (TPSA) is 26.0 Å². The summed E-state index contributed by atoms with van der Waals surface area (Å²) in [4.78, 5) is 0. The number of rotatable bonds is 1. The van der Waals surface area contributed by atoms with Crippen LogP contribution in [0.15, 0.2) is 24.3 Å². The van der Waals surface area contributed by atoms with Gasteiger partial charge in [0.05, 0.1) is 0 Å². The van der Waals surface area contributed by atoms with E-state index >= 15 is 0 Å². The molecule has 1 nitrogen and oxygen atoms in total. The monoisotopic (exact) mass is 189 g/mol. The molecule has 0 saturated heterocycles. The minimum atomic E-state index is 0.695. The van der Waals surface area contributed by atoms with Gasteiger partial charge >= 0.3 is 0 Å². The first-order valence-electron chi connectivity index (χ1n) is 5.59. The fourth-order valence-electron chi connectivity index (χ4n) is 2.46. The van der Waals surface area contributed by atoms with Crippen LogP contribution >= 0.6 is 0 Å². The number of hydrogen-bond acceptors (Lipinski definition) is 1. The van der Waals surface area contributed by atoms with E-state index in [1.54, 1.807) is 5.56 Å². The Labute approximate surface area is 86.3 Å². The second-order valence-electron chi connectivity index (χ2n) is 4.48. The molecule has 2 unspecified atom stereocenters. The van der Waals surface area contributed by atoms with Crippen molar-refractivity contribution in [1.82, 2.24) is 0 Å². The first-order valence-corrected chi connectivity index (χ1v) is 5.59. The van der Waals surface area contributed by atoms with Crippen LogP contribution in [0, 0.1) is 5.92 Å². The molecule has 0 aromatic heterocycles. The molecule has 1 aliphatic carbocycles. The first kappa shape index (κ1) is 9.72. The zero-order valence-corrected chi connectivity index (χ0v) is 8.87. The fourth-order valence-corrected chi connectivity index (χ4v) is 2.46. The third-order valence-corrected chi connectivity index (χ3v) is 3.44. The molecule has 0 fully saturated rings. The van der Waals surface area contributed by atoms with E-state index in [-0.39, 0.29) is 0 Å². The van der Waals surface area contributed by atoms with Crippen LogP contribution in [-0.4, -0.2) is 6.54 Å². The lowest BCUT2D eigenvalue weighted by Crippen LogP contribution is -2.15. The molecular weight excluding hydrogens is 170 g/mol. The van der Waals surface area contributed by atoms with Gasteiger partial charge in [-0.15, -0.1) is 0 Å². The van der Waals surface area contributed by atoms with Crippen LogP contribution in [0.5, 0.6) is 0 Å². The van der Waals surface area contributed by atoms with Crippen LogP contribution in [0.4, 0.5) is 0 Å². The third-order valence-electron chi connectivity index (χ3n) is 3.44. The summed E-state index contributed by atoms with van der Waals surface area (Å²) in [7, 11) is 0. The van der Waals surface area contributed by atoms with Crippen LogP contribution < -0.4 is 5.73 Å². The Balaban J connectivity index is 2.31. The Morgan fingerprint density at radius 2 is 2.07 bits per heavy atom. The number of benzene rings is 1. The summed E-state index contributed by atoms with van der Waals surface area (Å²) in [6.45, 7) is 3.17. The van der Waals surface area contributed by atoms with E-state index in [1.807, 2.05) is 0 Å². The van der Waals surface area contributed by atoms with E-state index in [0.717, 1.165) is 6.54 Å². The van der Waals surface area contributed by atoms with Crippen molar-refractivity contribution in [3.05, 3.63) is 35.4 Å². The molecular formula is C13H19N. The maximum Gasteiger partial charge on any atom is -0.00457 e. The molecule has 0 radical (unpaired) electrons. The van der Waals surface area contributed by atoms with Crippen molar-refractivity contribution in [1.29, 1.82) is 0 Å². The van der Waals surface area contributed by atoms with E-state index in [4.69, 9.17) is 5.73 Å². The largest absolute Gasteiger partial charge is 0.330 e. The van der Waals surface area contributed by atoms with E-state index in [1.165, 1.54) is 24.8 Å². The number of hydrogen-bond donors (Lipinski definition) is 1. The average Bonchev–Trinajstić information content (AvgIpc) is 2.39. The Bertz CT molecular complexity index is 306. The van der Waals surface area contributed by atoms with Crippen molar-refractivity contribution in [2.45, 2.75) is 32.1 Å². The number of fused-ring (bicyclic) bond motifs is 1. The van der Waals surface area contributed by atoms with Gasteiger partial charge in [0, 0.05) is 0 Å². The zero-order valence-electron chi connectivity index (χ0n) is 8.87. The third kappa shape index (κ3) is 1.83. The maximum atomic E-state index is 5.78. The zero-order chi connectivity index (χ0) is 9.97. The van der Waals surface area contributed by atoms with Crippen molar-refractivity contribution >= 4 is 0 Å². The summed E-state index contributed by atoms with van der Waals surface area (Å²) in [6.07, 6.45) is 3.75. The van der Waals surface area contributed by atoms with Gasteiger partial charge in [0.25, 0.3) is 0 Å². The molecule has 1 aromatic carbocycles. The smallest absolute Gasteiger partial charge is 0.00457 e. The van der Waals surface area contributed by atoms with Crippen LogP contribution in [0.3, 0.4) is 0 Å². The van der Waals surface area contributed by atoms with Crippen molar-refractivity contribution < 1.29 is 0 Å². The average molecular weight is 189 g/mol. The lowest BCUT2D eigenvalue weighted by molar-refractivity contribution is 0.475. The number of nitrogens with two attached hydrogens (primary N) is 1. The minimum Gasteiger partial charge on any atom is -0.330 e. The molecule has 0 amide bonds. The molecule has 2 atom stereocenters. The molecule has 1 aliphatic rings. The standard InChI is InChI=1S/C13H19N/c1-10-6-7-11(9-14)8-12-4-2-3-5-13(10)12/h2-5,10-11H,6-9,14H2,1H3. The van der Waals surface area contributed by atoms with Crippen molar-refractivity contribution in [3.63, 3.8) is 0 Å². The summed E-state index contributed by atoms with van der Waals surface area (Å²) in [6, 6.07) is 8.83. The van der Waals surface area contributed by atoms with Crippen molar-refractivity contribution in [3.8, 4) is 0 Å².